The molecular formula is C15H11Cl3O3. The topological polar surface area (TPSA) is 35.5 Å². The van der Waals surface area contributed by atoms with E-state index in [1.165, 1.54) is 7.11 Å². The van der Waals surface area contributed by atoms with Gasteiger partial charge in [-0.2, -0.15) is 0 Å². The lowest BCUT2D eigenvalue weighted by Gasteiger charge is -2.09. The summed E-state index contributed by atoms with van der Waals surface area (Å²) in [5.74, 6) is 0.145. The third-order valence-corrected chi connectivity index (χ3v) is 3.85. The highest BCUT2D eigenvalue weighted by atomic mass is 35.5. The molecule has 0 fully saturated rings. The van der Waals surface area contributed by atoms with Crippen LogP contribution in [0, 0.1) is 0 Å². The van der Waals surface area contributed by atoms with E-state index in [1.807, 2.05) is 0 Å². The highest BCUT2D eigenvalue weighted by Gasteiger charge is 2.09. The van der Waals surface area contributed by atoms with Crippen molar-refractivity contribution in [2.45, 2.75) is 6.61 Å². The summed E-state index contributed by atoms with van der Waals surface area (Å²) in [6.45, 7) is 0.248. The highest BCUT2D eigenvalue weighted by molar-refractivity contribution is 6.42. The summed E-state index contributed by atoms with van der Waals surface area (Å²) in [6.07, 6.45) is 0. The molecule has 110 valence electrons. The summed E-state index contributed by atoms with van der Waals surface area (Å²) in [5.41, 5.74) is 1.14. The molecule has 0 saturated carbocycles. The van der Waals surface area contributed by atoms with Gasteiger partial charge in [0.05, 0.1) is 22.7 Å². The fourth-order valence-electron chi connectivity index (χ4n) is 1.64. The van der Waals surface area contributed by atoms with Crippen LogP contribution in [0.25, 0.3) is 0 Å². The first-order chi connectivity index (χ1) is 10.0. The summed E-state index contributed by atoms with van der Waals surface area (Å²) in [7, 11) is 1.32. The summed E-state index contributed by atoms with van der Waals surface area (Å²) < 4.78 is 10.2. The van der Waals surface area contributed by atoms with Gasteiger partial charge in [-0.05, 0) is 24.3 Å². The van der Waals surface area contributed by atoms with Crippen LogP contribution in [0.5, 0.6) is 5.75 Å². The number of ether oxygens (including phenoxy) is 2. The van der Waals surface area contributed by atoms with Gasteiger partial charge in [0.25, 0.3) is 0 Å². The summed E-state index contributed by atoms with van der Waals surface area (Å²) in [6, 6.07) is 9.88. The van der Waals surface area contributed by atoms with Gasteiger partial charge in [0.2, 0.25) is 0 Å². The van der Waals surface area contributed by atoms with Crippen molar-refractivity contribution in [3.05, 3.63) is 62.6 Å². The second kappa shape index (κ2) is 7.03. The zero-order chi connectivity index (χ0) is 15.4. The minimum atomic E-state index is -0.436. The van der Waals surface area contributed by atoms with Crippen LogP contribution in [0.3, 0.4) is 0 Å². The lowest BCUT2D eigenvalue weighted by molar-refractivity contribution is 0.0600. The van der Waals surface area contributed by atoms with Gasteiger partial charge in [0.15, 0.2) is 0 Å². The number of benzene rings is 2. The molecule has 0 atom stereocenters. The number of rotatable bonds is 4. The van der Waals surface area contributed by atoms with Gasteiger partial charge in [0.1, 0.15) is 12.4 Å². The average Bonchev–Trinajstić information content (AvgIpc) is 2.48. The third kappa shape index (κ3) is 4.03. The van der Waals surface area contributed by atoms with Crippen LogP contribution in [-0.2, 0) is 11.3 Å². The van der Waals surface area contributed by atoms with Crippen LogP contribution < -0.4 is 4.74 Å². The van der Waals surface area contributed by atoms with Gasteiger partial charge in [-0.1, -0.05) is 40.9 Å². The number of esters is 1. The van der Waals surface area contributed by atoms with Gasteiger partial charge in [-0.3, -0.25) is 0 Å². The summed E-state index contributed by atoms with van der Waals surface area (Å²) in [5, 5.41) is 1.31. The van der Waals surface area contributed by atoms with Crippen molar-refractivity contribution in [2.75, 3.05) is 7.11 Å². The minimum Gasteiger partial charge on any atom is -0.489 e. The standard InChI is InChI=1S/C15H11Cl3O3/c1-20-15(19)9-2-3-10(13(17)6-9)8-21-11-4-5-12(16)14(18)7-11/h2-7H,8H2,1H3. The average molecular weight is 346 g/mol. The molecule has 0 unspecified atom stereocenters. The molecule has 0 saturated heterocycles. The van der Waals surface area contributed by atoms with Crippen LogP contribution in [-0.4, -0.2) is 13.1 Å². The van der Waals surface area contributed by atoms with E-state index in [0.29, 0.717) is 26.4 Å². The third-order valence-electron chi connectivity index (χ3n) is 2.76. The summed E-state index contributed by atoms with van der Waals surface area (Å²) >= 11 is 17.9. The SMILES string of the molecule is COC(=O)c1ccc(COc2ccc(Cl)c(Cl)c2)c(Cl)c1. The van der Waals surface area contributed by atoms with Crippen molar-refractivity contribution in [3.8, 4) is 5.75 Å². The normalized spacial score (nSPS) is 10.3. The Morgan fingerprint density at radius 3 is 2.38 bits per heavy atom. The van der Waals surface area contributed by atoms with Crippen LogP contribution in [0.1, 0.15) is 15.9 Å². The Kier molecular flexibility index (Phi) is 5.34. The van der Waals surface area contributed by atoms with Crippen molar-refractivity contribution in [1.82, 2.24) is 0 Å². The number of hydrogen-bond acceptors (Lipinski definition) is 3. The van der Waals surface area contributed by atoms with E-state index in [2.05, 4.69) is 4.74 Å². The Balaban J connectivity index is 2.09. The van der Waals surface area contributed by atoms with Crippen molar-refractivity contribution < 1.29 is 14.3 Å². The van der Waals surface area contributed by atoms with Crippen molar-refractivity contribution >= 4 is 40.8 Å². The van der Waals surface area contributed by atoms with Gasteiger partial charge in [-0.15, -0.1) is 0 Å². The Hall–Kier alpha value is -1.42. The monoisotopic (exact) mass is 344 g/mol. The van der Waals surface area contributed by atoms with E-state index < -0.39 is 5.97 Å². The second-order valence-electron chi connectivity index (χ2n) is 4.16. The molecule has 2 rings (SSSR count). The Morgan fingerprint density at radius 1 is 1.00 bits per heavy atom. The molecule has 0 amide bonds. The van der Waals surface area contributed by atoms with E-state index in [1.54, 1.807) is 36.4 Å². The van der Waals surface area contributed by atoms with E-state index in [9.17, 15) is 4.79 Å². The number of carbonyl (C=O) groups is 1. The first kappa shape index (κ1) is 16.0. The number of carbonyl (C=O) groups excluding carboxylic acids is 1. The van der Waals surface area contributed by atoms with Crippen molar-refractivity contribution in [3.63, 3.8) is 0 Å². The number of halogens is 3. The molecule has 0 spiro atoms. The molecule has 0 radical (unpaired) electrons. The molecule has 0 aliphatic heterocycles. The molecule has 3 nitrogen and oxygen atoms in total. The Labute approximate surface area is 137 Å². The Bertz CT molecular complexity index is 671. The summed E-state index contributed by atoms with van der Waals surface area (Å²) in [4.78, 5) is 11.4. The smallest absolute Gasteiger partial charge is 0.337 e. The quantitative estimate of drug-likeness (QED) is 0.730. The van der Waals surface area contributed by atoms with Gasteiger partial charge < -0.3 is 9.47 Å². The highest BCUT2D eigenvalue weighted by Crippen LogP contribution is 2.27. The van der Waals surface area contributed by atoms with E-state index in [4.69, 9.17) is 39.5 Å². The van der Waals surface area contributed by atoms with Gasteiger partial charge in [-0.25, -0.2) is 4.79 Å². The first-order valence-corrected chi connectivity index (χ1v) is 7.09. The zero-order valence-electron chi connectivity index (χ0n) is 11.0. The maximum absolute atomic E-state index is 11.4. The molecule has 2 aromatic rings. The molecular weight excluding hydrogens is 335 g/mol. The molecule has 0 aliphatic rings. The fraction of sp³-hybridized carbons (Fsp3) is 0.133. The predicted octanol–water partition coefficient (Wildman–Crippen LogP) is 5.01. The molecule has 6 heteroatoms. The lowest BCUT2D eigenvalue weighted by Crippen LogP contribution is -2.03. The maximum Gasteiger partial charge on any atom is 0.337 e. The molecule has 2 aromatic carbocycles. The molecule has 0 heterocycles. The second-order valence-corrected chi connectivity index (χ2v) is 5.38. The van der Waals surface area contributed by atoms with E-state index in [0.717, 1.165) is 5.56 Å². The van der Waals surface area contributed by atoms with Crippen LogP contribution in [0.2, 0.25) is 15.1 Å². The van der Waals surface area contributed by atoms with Crippen LogP contribution >= 0.6 is 34.8 Å². The number of methoxy groups -OCH3 is 1. The largest absolute Gasteiger partial charge is 0.489 e. The molecule has 21 heavy (non-hydrogen) atoms. The van der Waals surface area contributed by atoms with Crippen molar-refractivity contribution in [2.24, 2.45) is 0 Å². The van der Waals surface area contributed by atoms with E-state index in [-0.39, 0.29) is 6.61 Å². The van der Waals surface area contributed by atoms with Crippen LogP contribution in [0.4, 0.5) is 0 Å². The molecule has 0 bridgehead atoms. The maximum atomic E-state index is 11.4. The number of hydrogen-bond donors (Lipinski definition) is 0. The zero-order valence-corrected chi connectivity index (χ0v) is 13.3. The first-order valence-electron chi connectivity index (χ1n) is 5.96. The van der Waals surface area contributed by atoms with Gasteiger partial charge in [0, 0.05) is 16.7 Å². The van der Waals surface area contributed by atoms with Crippen molar-refractivity contribution in [1.29, 1.82) is 0 Å². The Morgan fingerprint density at radius 2 is 1.76 bits per heavy atom. The van der Waals surface area contributed by atoms with E-state index >= 15 is 0 Å². The minimum absolute atomic E-state index is 0.248. The lowest BCUT2D eigenvalue weighted by atomic mass is 10.1. The predicted molar refractivity (Wildman–Crippen MR) is 83.6 cm³/mol. The van der Waals surface area contributed by atoms with Gasteiger partial charge >= 0.3 is 5.97 Å². The van der Waals surface area contributed by atoms with Crippen LogP contribution in [0.15, 0.2) is 36.4 Å². The molecule has 0 aliphatic carbocycles. The molecule has 0 N–H and O–H groups in total. The fourth-order valence-corrected chi connectivity index (χ4v) is 2.16. The molecule has 0 aromatic heterocycles.